The molecule has 0 aromatic rings. The normalized spacial score (nSPS) is 22.1. The van der Waals surface area contributed by atoms with Gasteiger partial charge in [-0.2, -0.15) is 0 Å². The summed E-state index contributed by atoms with van der Waals surface area (Å²) >= 11 is 4.41. The molecule has 1 aliphatic heterocycles. The summed E-state index contributed by atoms with van der Waals surface area (Å²) in [5, 5.41) is 2.27. The van der Waals surface area contributed by atoms with Crippen molar-refractivity contribution < 1.29 is 9.47 Å². The number of nitrogens with zero attached hydrogens (tertiary/aromatic N) is 1. The van der Waals surface area contributed by atoms with Gasteiger partial charge in [0, 0.05) is 0 Å². The highest BCUT2D eigenvalue weighted by Gasteiger charge is 2.30. The van der Waals surface area contributed by atoms with E-state index in [1.165, 1.54) is 0 Å². The molecule has 10 heavy (non-hydrogen) atoms. The smallest absolute Gasteiger partial charge is 0.186 e. The molecule has 0 spiro atoms. The maximum absolute atomic E-state index is 5.24. The fourth-order valence-corrected chi connectivity index (χ4v) is 0.889. The Balaban J connectivity index is 2.42. The minimum atomic E-state index is -0.550. The Morgan fingerprint density at radius 2 is 2.20 bits per heavy atom. The van der Waals surface area contributed by atoms with Crippen molar-refractivity contribution in [3.05, 3.63) is 0 Å². The topological polar surface area (TPSA) is 30.8 Å². The van der Waals surface area contributed by atoms with E-state index in [1.807, 2.05) is 6.92 Å². The Morgan fingerprint density at radius 1 is 1.60 bits per heavy atom. The van der Waals surface area contributed by atoms with Crippen LogP contribution in [0, 0.1) is 0 Å². The second-order valence-electron chi connectivity index (χ2n) is 2.24. The molecule has 1 rings (SSSR count). The van der Waals surface area contributed by atoms with Crippen LogP contribution in [-0.4, -0.2) is 30.7 Å². The zero-order valence-electron chi connectivity index (χ0n) is 5.79. The monoisotopic (exact) mass is 159 g/mol. The SMILES string of the molecule is CC1(CN=C=S)OCCO1. The van der Waals surface area contributed by atoms with E-state index >= 15 is 0 Å². The van der Waals surface area contributed by atoms with Crippen LogP contribution in [-0.2, 0) is 9.47 Å². The van der Waals surface area contributed by atoms with Crippen molar-refractivity contribution in [2.75, 3.05) is 19.8 Å². The molecule has 56 valence electrons. The molecular formula is C6H9NO2S. The predicted molar refractivity (Wildman–Crippen MR) is 40.2 cm³/mol. The van der Waals surface area contributed by atoms with Gasteiger partial charge in [0.25, 0.3) is 0 Å². The lowest BCUT2D eigenvalue weighted by atomic mass is 10.3. The molecule has 0 radical (unpaired) electrons. The molecule has 1 fully saturated rings. The molecule has 4 heteroatoms. The second-order valence-corrected chi connectivity index (χ2v) is 2.42. The number of hydrogen-bond acceptors (Lipinski definition) is 4. The summed E-state index contributed by atoms with van der Waals surface area (Å²) in [6.07, 6.45) is 0. The van der Waals surface area contributed by atoms with E-state index in [0.29, 0.717) is 19.8 Å². The first kappa shape index (κ1) is 7.82. The minimum Gasteiger partial charge on any atom is -0.346 e. The van der Waals surface area contributed by atoms with Crippen molar-refractivity contribution in [1.29, 1.82) is 0 Å². The minimum absolute atomic E-state index is 0.441. The van der Waals surface area contributed by atoms with Gasteiger partial charge in [-0.3, -0.25) is 0 Å². The van der Waals surface area contributed by atoms with E-state index < -0.39 is 5.79 Å². The third kappa shape index (κ3) is 1.85. The first-order valence-corrected chi connectivity index (χ1v) is 3.49. The molecule has 0 aromatic heterocycles. The van der Waals surface area contributed by atoms with E-state index in [1.54, 1.807) is 0 Å². The van der Waals surface area contributed by atoms with Crippen LogP contribution < -0.4 is 0 Å². The molecule has 0 aliphatic carbocycles. The highest BCUT2D eigenvalue weighted by Crippen LogP contribution is 2.17. The van der Waals surface area contributed by atoms with Crippen molar-refractivity contribution in [1.82, 2.24) is 0 Å². The lowest BCUT2D eigenvalue weighted by molar-refractivity contribution is -0.132. The van der Waals surface area contributed by atoms with Crippen molar-refractivity contribution in [2.24, 2.45) is 4.99 Å². The summed E-state index contributed by atoms with van der Waals surface area (Å²) in [5.41, 5.74) is 0. The summed E-state index contributed by atoms with van der Waals surface area (Å²) in [6, 6.07) is 0. The third-order valence-electron chi connectivity index (χ3n) is 1.33. The molecule has 0 N–H and O–H groups in total. The number of thiocarbonyl (C=S) groups is 1. The van der Waals surface area contributed by atoms with Crippen LogP contribution >= 0.6 is 12.2 Å². The maximum Gasteiger partial charge on any atom is 0.186 e. The van der Waals surface area contributed by atoms with Crippen LogP contribution in [0.5, 0.6) is 0 Å². The van der Waals surface area contributed by atoms with Crippen LogP contribution in [0.2, 0.25) is 0 Å². The molecule has 0 bridgehead atoms. The quantitative estimate of drug-likeness (QED) is 0.442. The van der Waals surface area contributed by atoms with Gasteiger partial charge in [-0.05, 0) is 19.1 Å². The first-order valence-electron chi connectivity index (χ1n) is 3.08. The molecule has 0 saturated carbocycles. The fourth-order valence-electron chi connectivity index (χ4n) is 0.824. The van der Waals surface area contributed by atoms with E-state index in [9.17, 15) is 0 Å². The van der Waals surface area contributed by atoms with Gasteiger partial charge >= 0.3 is 0 Å². The van der Waals surface area contributed by atoms with Crippen molar-refractivity contribution in [3.63, 3.8) is 0 Å². The largest absolute Gasteiger partial charge is 0.346 e. The molecule has 3 nitrogen and oxygen atoms in total. The van der Waals surface area contributed by atoms with Gasteiger partial charge in [0.15, 0.2) is 5.79 Å². The van der Waals surface area contributed by atoms with Crippen molar-refractivity contribution in [3.8, 4) is 0 Å². The molecule has 0 unspecified atom stereocenters. The van der Waals surface area contributed by atoms with Crippen LogP contribution in [0.4, 0.5) is 0 Å². The molecular weight excluding hydrogens is 150 g/mol. The molecule has 1 heterocycles. The molecule has 0 amide bonds. The van der Waals surface area contributed by atoms with Crippen molar-refractivity contribution in [2.45, 2.75) is 12.7 Å². The van der Waals surface area contributed by atoms with Gasteiger partial charge in [-0.1, -0.05) is 0 Å². The lowest BCUT2D eigenvalue weighted by Gasteiger charge is -2.18. The lowest BCUT2D eigenvalue weighted by Crippen LogP contribution is -2.29. The van der Waals surface area contributed by atoms with Crippen LogP contribution in [0.1, 0.15) is 6.92 Å². The van der Waals surface area contributed by atoms with Crippen LogP contribution in [0.3, 0.4) is 0 Å². The van der Waals surface area contributed by atoms with Gasteiger partial charge in [-0.25, -0.2) is 4.99 Å². The molecule has 1 saturated heterocycles. The Labute approximate surface area is 65.0 Å². The Bertz CT molecular complexity index is 159. The zero-order chi connectivity index (χ0) is 7.45. The first-order chi connectivity index (χ1) is 4.77. The molecule has 0 aromatic carbocycles. The number of isothiocyanates is 1. The highest BCUT2D eigenvalue weighted by molar-refractivity contribution is 7.78. The Kier molecular flexibility index (Phi) is 2.51. The zero-order valence-corrected chi connectivity index (χ0v) is 6.61. The second kappa shape index (κ2) is 3.21. The van der Waals surface area contributed by atoms with Gasteiger partial charge in [0.2, 0.25) is 0 Å². The average Bonchev–Trinajstić information content (AvgIpc) is 2.33. The van der Waals surface area contributed by atoms with Gasteiger partial charge in [0.1, 0.15) is 6.54 Å². The van der Waals surface area contributed by atoms with E-state index in [2.05, 4.69) is 22.4 Å². The summed E-state index contributed by atoms with van der Waals surface area (Å²) in [5.74, 6) is -0.550. The van der Waals surface area contributed by atoms with Gasteiger partial charge in [0.05, 0.1) is 18.4 Å². The molecule has 1 aliphatic rings. The number of ether oxygens (including phenoxy) is 2. The van der Waals surface area contributed by atoms with E-state index in [-0.39, 0.29) is 0 Å². The van der Waals surface area contributed by atoms with Gasteiger partial charge in [-0.15, -0.1) is 0 Å². The average molecular weight is 159 g/mol. The van der Waals surface area contributed by atoms with E-state index in [4.69, 9.17) is 9.47 Å². The molecule has 0 atom stereocenters. The summed E-state index contributed by atoms with van der Waals surface area (Å²) in [7, 11) is 0. The predicted octanol–water partition coefficient (Wildman–Crippen LogP) is 0.852. The van der Waals surface area contributed by atoms with Crippen molar-refractivity contribution >= 4 is 17.4 Å². The number of hydrogen-bond donors (Lipinski definition) is 0. The Morgan fingerprint density at radius 3 is 2.70 bits per heavy atom. The summed E-state index contributed by atoms with van der Waals surface area (Å²) < 4.78 is 10.5. The number of rotatable bonds is 2. The highest BCUT2D eigenvalue weighted by atomic mass is 32.1. The van der Waals surface area contributed by atoms with Gasteiger partial charge < -0.3 is 9.47 Å². The third-order valence-corrected chi connectivity index (χ3v) is 1.46. The Hall–Kier alpha value is -0.280. The number of aliphatic imine (C=N–C) groups is 1. The standard InChI is InChI=1S/C6H9NO2S/c1-6(4-7-5-10)8-2-3-9-6/h2-4H2,1H3. The summed E-state index contributed by atoms with van der Waals surface area (Å²) in [4.78, 5) is 3.74. The fraction of sp³-hybridized carbons (Fsp3) is 0.833. The van der Waals surface area contributed by atoms with Crippen LogP contribution in [0.15, 0.2) is 4.99 Å². The van der Waals surface area contributed by atoms with E-state index in [0.717, 1.165) is 0 Å². The van der Waals surface area contributed by atoms with Crippen LogP contribution in [0.25, 0.3) is 0 Å². The summed E-state index contributed by atoms with van der Waals surface area (Å²) in [6.45, 7) is 3.57. The maximum atomic E-state index is 5.24.